The molecule has 5 heteroatoms. The van der Waals surface area contributed by atoms with Crippen molar-refractivity contribution in [2.24, 2.45) is 0 Å². The van der Waals surface area contributed by atoms with Crippen LogP contribution in [0, 0.1) is 5.82 Å². The number of carbonyl (C=O) groups excluding carboxylic acids is 1. The highest BCUT2D eigenvalue weighted by Gasteiger charge is 2.14. The lowest BCUT2D eigenvalue weighted by Crippen LogP contribution is -2.30. The molecule has 2 aromatic carbocycles. The van der Waals surface area contributed by atoms with E-state index in [1.807, 2.05) is 19.1 Å². The van der Waals surface area contributed by atoms with Gasteiger partial charge in [0, 0.05) is 22.0 Å². The quantitative estimate of drug-likeness (QED) is 0.832. The van der Waals surface area contributed by atoms with Crippen molar-refractivity contribution in [3.63, 3.8) is 0 Å². The van der Waals surface area contributed by atoms with E-state index < -0.39 is 0 Å². The number of benzene rings is 2. The summed E-state index contributed by atoms with van der Waals surface area (Å²) in [6.45, 7) is 2.01. The summed E-state index contributed by atoms with van der Waals surface area (Å²) >= 11 is 7.25. The Hall–Kier alpha value is -1.52. The second-order valence-electron chi connectivity index (χ2n) is 4.52. The van der Waals surface area contributed by atoms with Crippen molar-refractivity contribution in [2.75, 3.05) is 0 Å². The lowest BCUT2D eigenvalue weighted by molar-refractivity contribution is -0.120. The molecule has 0 aromatic heterocycles. The molecule has 0 radical (unpaired) electrons. The zero-order valence-corrected chi connectivity index (χ0v) is 13.0. The van der Waals surface area contributed by atoms with E-state index in [2.05, 4.69) is 5.32 Å². The Kier molecular flexibility index (Phi) is 5.65. The Morgan fingerprint density at radius 3 is 2.57 bits per heavy atom. The summed E-state index contributed by atoms with van der Waals surface area (Å²) in [5.74, 6) is -0.436. The van der Waals surface area contributed by atoms with Crippen LogP contribution in [0.4, 0.5) is 4.39 Å². The summed E-state index contributed by atoms with van der Waals surface area (Å²) in [5.41, 5.74) is 0.481. The number of hydrogen-bond acceptors (Lipinski definition) is 2. The minimum absolute atomic E-state index is 0.127. The maximum absolute atomic E-state index is 13.5. The molecular weight excluding hydrogens is 309 g/mol. The van der Waals surface area contributed by atoms with Crippen LogP contribution in [0.1, 0.15) is 12.5 Å². The van der Waals surface area contributed by atoms with Crippen molar-refractivity contribution in [2.45, 2.75) is 23.6 Å². The largest absolute Gasteiger partial charge is 0.351 e. The minimum Gasteiger partial charge on any atom is -0.351 e. The van der Waals surface area contributed by atoms with Gasteiger partial charge in [0.25, 0.3) is 0 Å². The van der Waals surface area contributed by atoms with Gasteiger partial charge < -0.3 is 5.32 Å². The standard InChI is InChI=1S/C16H15ClFNOS/c1-11(21-14-8-6-13(17)7-9-14)16(20)19-10-12-4-2-3-5-15(12)18/h2-9,11H,10H2,1H3,(H,19,20). The fourth-order valence-electron chi connectivity index (χ4n) is 1.74. The zero-order chi connectivity index (χ0) is 15.2. The van der Waals surface area contributed by atoms with Crippen LogP contribution in [0.15, 0.2) is 53.4 Å². The Morgan fingerprint density at radius 2 is 1.90 bits per heavy atom. The molecule has 2 nitrogen and oxygen atoms in total. The number of nitrogens with one attached hydrogen (secondary N) is 1. The fourth-order valence-corrected chi connectivity index (χ4v) is 2.76. The molecule has 0 aliphatic heterocycles. The van der Waals surface area contributed by atoms with Crippen molar-refractivity contribution in [1.29, 1.82) is 0 Å². The molecule has 21 heavy (non-hydrogen) atoms. The Morgan fingerprint density at radius 1 is 1.24 bits per heavy atom. The maximum atomic E-state index is 13.5. The highest BCUT2D eigenvalue weighted by Crippen LogP contribution is 2.24. The summed E-state index contributed by atoms with van der Waals surface area (Å²) in [6.07, 6.45) is 0. The number of carbonyl (C=O) groups is 1. The molecule has 0 aliphatic rings. The van der Waals surface area contributed by atoms with Crippen molar-refractivity contribution >= 4 is 29.3 Å². The van der Waals surface area contributed by atoms with Crippen LogP contribution in [0.25, 0.3) is 0 Å². The molecule has 0 saturated carbocycles. The average Bonchev–Trinajstić information content (AvgIpc) is 2.48. The van der Waals surface area contributed by atoms with Gasteiger partial charge in [-0.25, -0.2) is 4.39 Å². The van der Waals surface area contributed by atoms with Crippen LogP contribution < -0.4 is 5.32 Å². The first-order valence-electron chi connectivity index (χ1n) is 6.49. The van der Waals surface area contributed by atoms with Crippen LogP contribution in [0.5, 0.6) is 0 Å². The zero-order valence-electron chi connectivity index (χ0n) is 11.5. The third-order valence-corrected chi connectivity index (χ3v) is 4.27. The first kappa shape index (κ1) is 15.9. The molecular formula is C16H15ClFNOS. The van der Waals surface area contributed by atoms with Crippen LogP contribution in [-0.2, 0) is 11.3 Å². The van der Waals surface area contributed by atoms with Gasteiger partial charge in [0.2, 0.25) is 5.91 Å². The first-order chi connectivity index (χ1) is 10.1. The Balaban J connectivity index is 1.88. The van der Waals surface area contributed by atoms with E-state index in [1.165, 1.54) is 17.8 Å². The normalized spacial score (nSPS) is 12.0. The smallest absolute Gasteiger partial charge is 0.233 e. The van der Waals surface area contributed by atoms with Crippen LogP contribution >= 0.6 is 23.4 Å². The number of hydrogen-bond donors (Lipinski definition) is 1. The Labute approximate surface area is 132 Å². The molecule has 1 unspecified atom stereocenters. The first-order valence-corrected chi connectivity index (χ1v) is 7.75. The van der Waals surface area contributed by atoms with E-state index >= 15 is 0 Å². The van der Waals surface area contributed by atoms with Gasteiger partial charge in [-0.3, -0.25) is 4.79 Å². The average molecular weight is 324 g/mol. The third-order valence-electron chi connectivity index (χ3n) is 2.91. The van der Waals surface area contributed by atoms with Crippen LogP contribution in [0.3, 0.4) is 0 Å². The van der Waals surface area contributed by atoms with Gasteiger partial charge in [0.1, 0.15) is 5.82 Å². The van der Waals surface area contributed by atoms with Crippen molar-refractivity contribution in [3.8, 4) is 0 Å². The van der Waals surface area contributed by atoms with Crippen LogP contribution in [0.2, 0.25) is 5.02 Å². The van der Waals surface area contributed by atoms with Gasteiger partial charge >= 0.3 is 0 Å². The van der Waals surface area contributed by atoms with Crippen molar-refractivity contribution in [3.05, 3.63) is 64.9 Å². The second kappa shape index (κ2) is 7.48. The molecule has 0 saturated heterocycles. The van der Waals surface area contributed by atoms with Gasteiger partial charge in [-0.05, 0) is 37.3 Å². The maximum Gasteiger partial charge on any atom is 0.233 e. The molecule has 2 rings (SSSR count). The van der Waals surface area contributed by atoms with Crippen molar-refractivity contribution in [1.82, 2.24) is 5.32 Å². The topological polar surface area (TPSA) is 29.1 Å². The van der Waals surface area contributed by atoms with Gasteiger partial charge in [0.05, 0.1) is 5.25 Å². The molecule has 1 amide bonds. The molecule has 0 aliphatic carbocycles. The second-order valence-corrected chi connectivity index (χ2v) is 6.37. The molecule has 0 spiro atoms. The predicted molar refractivity (Wildman–Crippen MR) is 85.0 cm³/mol. The van der Waals surface area contributed by atoms with E-state index in [1.54, 1.807) is 30.3 Å². The molecule has 0 heterocycles. The predicted octanol–water partition coefficient (Wildman–Crippen LogP) is 4.28. The third kappa shape index (κ3) is 4.76. The Bertz CT molecular complexity index is 618. The van der Waals surface area contributed by atoms with Gasteiger partial charge in [-0.15, -0.1) is 11.8 Å². The summed E-state index contributed by atoms with van der Waals surface area (Å²) in [6, 6.07) is 13.7. The van der Waals surface area contributed by atoms with Crippen molar-refractivity contribution < 1.29 is 9.18 Å². The molecule has 1 atom stereocenters. The molecule has 2 aromatic rings. The summed E-state index contributed by atoms with van der Waals surface area (Å²) in [5, 5.41) is 3.14. The molecule has 0 fully saturated rings. The van der Waals surface area contributed by atoms with E-state index in [0.29, 0.717) is 10.6 Å². The summed E-state index contributed by atoms with van der Waals surface area (Å²) in [4.78, 5) is 13.0. The van der Waals surface area contributed by atoms with E-state index in [4.69, 9.17) is 11.6 Å². The minimum atomic E-state index is -0.309. The van der Waals surface area contributed by atoms with E-state index in [-0.39, 0.29) is 23.5 Å². The number of rotatable bonds is 5. The summed E-state index contributed by atoms with van der Waals surface area (Å²) < 4.78 is 13.5. The van der Waals surface area contributed by atoms with Crippen LogP contribution in [-0.4, -0.2) is 11.2 Å². The highest BCUT2D eigenvalue weighted by atomic mass is 35.5. The lowest BCUT2D eigenvalue weighted by atomic mass is 10.2. The summed E-state index contributed by atoms with van der Waals surface area (Å²) in [7, 11) is 0. The molecule has 1 N–H and O–H groups in total. The van der Waals surface area contributed by atoms with Gasteiger partial charge in [-0.1, -0.05) is 29.8 Å². The number of thioether (sulfide) groups is 1. The van der Waals surface area contributed by atoms with E-state index in [0.717, 1.165) is 4.90 Å². The monoisotopic (exact) mass is 323 g/mol. The highest BCUT2D eigenvalue weighted by molar-refractivity contribution is 8.00. The number of amides is 1. The van der Waals surface area contributed by atoms with Gasteiger partial charge in [0.15, 0.2) is 0 Å². The lowest BCUT2D eigenvalue weighted by Gasteiger charge is -2.12. The number of halogens is 2. The fraction of sp³-hybridized carbons (Fsp3) is 0.188. The SMILES string of the molecule is CC(Sc1ccc(Cl)cc1)C(=O)NCc1ccccc1F. The van der Waals surface area contributed by atoms with Gasteiger partial charge in [-0.2, -0.15) is 0 Å². The molecule has 110 valence electrons. The van der Waals surface area contributed by atoms with E-state index in [9.17, 15) is 9.18 Å². The molecule has 0 bridgehead atoms.